The zero-order chi connectivity index (χ0) is 14.4. The summed E-state index contributed by atoms with van der Waals surface area (Å²) >= 11 is 0. The van der Waals surface area contributed by atoms with Gasteiger partial charge in [-0.2, -0.15) is 0 Å². The lowest BCUT2D eigenvalue weighted by atomic mass is 10.1. The molecule has 110 valence electrons. The van der Waals surface area contributed by atoms with Crippen LogP contribution in [0.25, 0.3) is 0 Å². The summed E-state index contributed by atoms with van der Waals surface area (Å²) in [4.78, 5) is 11.7. The molecule has 5 nitrogen and oxygen atoms in total. The highest BCUT2D eigenvalue weighted by Gasteiger charge is 2.15. The maximum absolute atomic E-state index is 11.7. The van der Waals surface area contributed by atoms with Crippen molar-refractivity contribution in [2.45, 2.75) is 25.8 Å². The SMILES string of the molecule is CC(N)c1ccc(NC(=O)NCCC2CCOC2)cc1. The molecule has 1 fully saturated rings. The summed E-state index contributed by atoms with van der Waals surface area (Å²) in [7, 11) is 0. The minimum Gasteiger partial charge on any atom is -0.381 e. The fourth-order valence-electron chi connectivity index (χ4n) is 2.25. The third kappa shape index (κ3) is 4.51. The van der Waals surface area contributed by atoms with Gasteiger partial charge in [0, 0.05) is 31.5 Å². The van der Waals surface area contributed by atoms with E-state index in [1.165, 1.54) is 0 Å². The van der Waals surface area contributed by atoms with Crippen LogP contribution in [-0.2, 0) is 4.74 Å². The van der Waals surface area contributed by atoms with Crippen molar-refractivity contribution in [3.63, 3.8) is 0 Å². The van der Waals surface area contributed by atoms with Crippen molar-refractivity contribution in [2.24, 2.45) is 11.7 Å². The third-order valence-corrected chi connectivity index (χ3v) is 3.56. The van der Waals surface area contributed by atoms with E-state index in [2.05, 4.69) is 10.6 Å². The van der Waals surface area contributed by atoms with Gasteiger partial charge in [-0.15, -0.1) is 0 Å². The van der Waals surface area contributed by atoms with Crippen LogP contribution >= 0.6 is 0 Å². The van der Waals surface area contributed by atoms with E-state index in [4.69, 9.17) is 10.5 Å². The summed E-state index contributed by atoms with van der Waals surface area (Å²) in [6.45, 7) is 4.28. The predicted octanol–water partition coefficient (Wildman–Crippen LogP) is 2.25. The van der Waals surface area contributed by atoms with Crippen LogP contribution in [0.1, 0.15) is 31.4 Å². The van der Waals surface area contributed by atoms with Crippen LogP contribution < -0.4 is 16.4 Å². The standard InChI is InChI=1S/C15H23N3O2/c1-11(16)13-2-4-14(5-3-13)18-15(19)17-8-6-12-7-9-20-10-12/h2-5,11-12H,6-10,16H2,1H3,(H2,17,18,19). The zero-order valence-corrected chi connectivity index (χ0v) is 11.9. The average molecular weight is 277 g/mol. The minimum atomic E-state index is -0.169. The Hall–Kier alpha value is -1.59. The van der Waals surface area contributed by atoms with Gasteiger partial charge in [-0.25, -0.2) is 4.79 Å². The number of nitrogens with one attached hydrogen (secondary N) is 2. The van der Waals surface area contributed by atoms with Crippen molar-refractivity contribution >= 4 is 11.7 Å². The van der Waals surface area contributed by atoms with E-state index >= 15 is 0 Å². The third-order valence-electron chi connectivity index (χ3n) is 3.56. The Bertz CT molecular complexity index is 425. The van der Waals surface area contributed by atoms with E-state index in [0.29, 0.717) is 12.5 Å². The van der Waals surface area contributed by atoms with Crippen molar-refractivity contribution in [1.29, 1.82) is 0 Å². The van der Waals surface area contributed by atoms with Gasteiger partial charge < -0.3 is 21.1 Å². The number of urea groups is 1. The van der Waals surface area contributed by atoms with Gasteiger partial charge in [0.25, 0.3) is 0 Å². The Kier molecular flexibility index (Phi) is 5.38. The molecule has 0 saturated carbocycles. The number of hydrogen-bond donors (Lipinski definition) is 3. The molecule has 0 aromatic heterocycles. The van der Waals surface area contributed by atoms with Crippen LogP contribution in [0.3, 0.4) is 0 Å². The van der Waals surface area contributed by atoms with Crippen molar-refractivity contribution < 1.29 is 9.53 Å². The monoisotopic (exact) mass is 277 g/mol. The summed E-state index contributed by atoms with van der Waals surface area (Å²) in [5, 5.41) is 5.68. The lowest BCUT2D eigenvalue weighted by Gasteiger charge is -2.11. The molecule has 2 unspecified atom stereocenters. The quantitative estimate of drug-likeness (QED) is 0.772. The first-order chi connectivity index (χ1) is 9.65. The van der Waals surface area contributed by atoms with E-state index in [9.17, 15) is 4.79 Å². The average Bonchev–Trinajstić information content (AvgIpc) is 2.92. The van der Waals surface area contributed by atoms with Gasteiger partial charge in [0.05, 0.1) is 0 Å². The van der Waals surface area contributed by atoms with E-state index < -0.39 is 0 Å². The second-order valence-corrected chi connectivity index (χ2v) is 5.31. The van der Waals surface area contributed by atoms with Gasteiger partial charge >= 0.3 is 6.03 Å². The topological polar surface area (TPSA) is 76.4 Å². The Morgan fingerprint density at radius 1 is 1.45 bits per heavy atom. The lowest BCUT2D eigenvalue weighted by molar-refractivity contribution is 0.184. The van der Waals surface area contributed by atoms with Crippen molar-refractivity contribution in [2.75, 3.05) is 25.1 Å². The number of ether oxygens (including phenoxy) is 1. The number of carbonyl (C=O) groups is 1. The van der Waals surface area contributed by atoms with Crippen molar-refractivity contribution in [1.82, 2.24) is 5.32 Å². The highest BCUT2D eigenvalue weighted by molar-refractivity contribution is 5.89. The first-order valence-electron chi connectivity index (χ1n) is 7.13. The van der Waals surface area contributed by atoms with E-state index in [1.807, 2.05) is 31.2 Å². The fraction of sp³-hybridized carbons (Fsp3) is 0.533. The second-order valence-electron chi connectivity index (χ2n) is 5.31. The molecule has 5 heteroatoms. The molecule has 1 saturated heterocycles. The Labute approximate surface area is 119 Å². The molecule has 4 N–H and O–H groups in total. The molecule has 0 bridgehead atoms. The number of hydrogen-bond acceptors (Lipinski definition) is 3. The second kappa shape index (κ2) is 7.26. The molecule has 1 heterocycles. The van der Waals surface area contributed by atoms with E-state index in [-0.39, 0.29) is 12.1 Å². The first kappa shape index (κ1) is 14.8. The van der Waals surface area contributed by atoms with E-state index in [0.717, 1.165) is 37.3 Å². The molecule has 1 aliphatic rings. The Morgan fingerprint density at radius 2 is 2.20 bits per heavy atom. The van der Waals surface area contributed by atoms with Gasteiger partial charge in [0.1, 0.15) is 0 Å². The lowest BCUT2D eigenvalue weighted by Crippen LogP contribution is -2.30. The van der Waals surface area contributed by atoms with Gasteiger partial charge in [0.15, 0.2) is 0 Å². The van der Waals surface area contributed by atoms with Crippen LogP contribution in [0.5, 0.6) is 0 Å². The molecule has 0 radical (unpaired) electrons. The number of rotatable bonds is 5. The van der Waals surface area contributed by atoms with Crippen molar-refractivity contribution in [3.05, 3.63) is 29.8 Å². The number of carbonyl (C=O) groups excluding carboxylic acids is 1. The molecule has 0 aliphatic carbocycles. The number of anilines is 1. The van der Waals surface area contributed by atoms with Crippen LogP contribution in [0.2, 0.25) is 0 Å². The maximum atomic E-state index is 11.7. The zero-order valence-electron chi connectivity index (χ0n) is 11.9. The Morgan fingerprint density at radius 3 is 2.80 bits per heavy atom. The Balaban J connectivity index is 1.70. The van der Waals surface area contributed by atoms with Crippen LogP contribution in [-0.4, -0.2) is 25.8 Å². The molecule has 1 aromatic rings. The molecule has 2 atom stereocenters. The van der Waals surface area contributed by atoms with E-state index in [1.54, 1.807) is 0 Å². The smallest absolute Gasteiger partial charge is 0.319 e. The van der Waals surface area contributed by atoms with Gasteiger partial charge in [-0.1, -0.05) is 12.1 Å². The van der Waals surface area contributed by atoms with Gasteiger partial charge in [-0.05, 0) is 43.4 Å². The molecule has 1 aromatic carbocycles. The molecular weight excluding hydrogens is 254 g/mol. The van der Waals surface area contributed by atoms with Crippen LogP contribution in [0.4, 0.5) is 10.5 Å². The van der Waals surface area contributed by atoms with Gasteiger partial charge in [0.2, 0.25) is 0 Å². The largest absolute Gasteiger partial charge is 0.381 e. The summed E-state index contributed by atoms with van der Waals surface area (Å²) in [5.41, 5.74) is 7.61. The maximum Gasteiger partial charge on any atom is 0.319 e. The molecule has 1 aliphatic heterocycles. The summed E-state index contributed by atoms with van der Waals surface area (Å²) in [5.74, 6) is 0.584. The van der Waals surface area contributed by atoms with Gasteiger partial charge in [-0.3, -0.25) is 0 Å². The molecule has 0 spiro atoms. The summed E-state index contributed by atoms with van der Waals surface area (Å²) in [6.07, 6.45) is 2.07. The normalized spacial score (nSPS) is 19.6. The summed E-state index contributed by atoms with van der Waals surface area (Å²) in [6, 6.07) is 7.42. The highest BCUT2D eigenvalue weighted by atomic mass is 16.5. The number of nitrogens with two attached hydrogens (primary N) is 1. The summed E-state index contributed by atoms with van der Waals surface area (Å²) < 4.78 is 5.30. The minimum absolute atomic E-state index is 0.00603. The highest BCUT2D eigenvalue weighted by Crippen LogP contribution is 2.16. The first-order valence-corrected chi connectivity index (χ1v) is 7.13. The van der Waals surface area contributed by atoms with Crippen LogP contribution in [0.15, 0.2) is 24.3 Å². The molecule has 20 heavy (non-hydrogen) atoms. The molecular formula is C15H23N3O2. The number of benzene rings is 1. The number of amides is 2. The molecule has 2 rings (SSSR count). The van der Waals surface area contributed by atoms with Crippen molar-refractivity contribution in [3.8, 4) is 0 Å². The predicted molar refractivity (Wildman–Crippen MR) is 79.6 cm³/mol. The molecule has 2 amide bonds. The fourth-order valence-corrected chi connectivity index (χ4v) is 2.25. The van der Waals surface area contributed by atoms with Crippen LogP contribution in [0, 0.1) is 5.92 Å².